The molecule has 3 aromatic rings. The van der Waals surface area contributed by atoms with Gasteiger partial charge in [0.1, 0.15) is 5.75 Å². The molecule has 212 valence electrons. The molecule has 2 aromatic carbocycles. The van der Waals surface area contributed by atoms with Gasteiger partial charge in [-0.15, -0.1) is 11.8 Å². The number of hydrogen-bond donors (Lipinski definition) is 1. The molecular weight excluding hydrogens is 652 g/mol. The van der Waals surface area contributed by atoms with Crippen LogP contribution >= 0.6 is 50.6 Å². The van der Waals surface area contributed by atoms with Crippen molar-refractivity contribution in [3.8, 4) is 5.75 Å². The standard InChI is InChI=1S/C29H24BrClN2O6S2/c1-2-38-19(34)11-39-18-8-3-12(30)9-15(18)20-21-16-10-17(24(21)40-26-25(20)41-29(37)32-26)23-22(16)27(35)33(28(23)36)14-6-4-13(31)5-7-14/h3-9,16-17,20-24H,2,10-11H2,1H3,(H,32,37)/t16-,17-,20+,21-,22+,23+,24-/m1/s1. The van der Waals surface area contributed by atoms with Crippen LogP contribution in [0.25, 0.3) is 0 Å². The molecule has 8 nitrogen and oxygen atoms in total. The zero-order valence-electron chi connectivity index (χ0n) is 21.7. The van der Waals surface area contributed by atoms with Gasteiger partial charge in [0, 0.05) is 31.1 Å². The summed E-state index contributed by atoms with van der Waals surface area (Å²) < 4.78 is 11.9. The lowest BCUT2D eigenvalue weighted by Crippen LogP contribution is -2.42. The Morgan fingerprint density at radius 1 is 1.10 bits per heavy atom. The Balaban J connectivity index is 1.30. The van der Waals surface area contributed by atoms with Gasteiger partial charge in [0.2, 0.25) is 11.8 Å². The van der Waals surface area contributed by atoms with Crippen LogP contribution in [0.4, 0.5) is 5.69 Å². The minimum atomic E-state index is -0.467. The molecule has 3 heterocycles. The molecule has 2 bridgehead atoms. The molecule has 7 atom stereocenters. The number of amides is 2. The fraction of sp³-hybridized carbons (Fsp3) is 0.379. The summed E-state index contributed by atoms with van der Waals surface area (Å²) in [6.07, 6.45) is 0.770. The molecule has 12 heteroatoms. The van der Waals surface area contributed by atoms with Crippen LogP contribution < -0.4 is 14.5 Å². The maximum atomic E-state index is 13.9. The molecule has 41 heavy (non-hydrogen) atoms. The Morgan fingerprint density at radius 2 is 1.83 bits per heavy atom. The van der Waals surface area contributed by atoms with Crippen molar-refractivity contribution >= 4 is 74.1 Å². The second kappa shape index (κ2) is 10.3. The van der Waals surface area contributed by atoms with Crippen LogP contribution in [0.2, 0.25) is 5.02 Å². The molecule has 1 saturated heterocycles. The molecule has 2 aliphatic heterocycles. The van der Waals surface area contributed by atoms with E-state index in [-0.39, 0.29) is 58.8 Å². The highest BCUT2D eigenvalue weighted by atomic mass is 79.9. The van der Waals surface area contributed by atoms with Gasteiger partial charge in [-0.05, 0) is 73.6 Å². The fourth-order valence-corrected chi connectivity index (χ4v) is 10.8. The predicted octanol–water partition coefficient (Wildman–Crippen LogP) is 5.47. The Labute approximate surface area is 256 Å². The second-order valence-electron chi connectivity index (χ2n) is 10.7. The molecule has 0 unspecified atom stereocenters. The van der Waals surface area contributed by atoms with E-state index in [1.54, 1.807) is 43.0 Å². The fourth-order valence-electron chi connectivity index (χ4n) is 7.44. The first-order valence-corrected chi connectivity index (χ1v) is 16.2. The summed E-state index contributed by atoms with van der Waals surface area (Å²) in [5, 5.41) is 1.37. The summed E-state index contributed by atoms with van der Waals surface area (Å²) in [5.41, 5.74) is 1.38. The number of fused-ring (bicyclic) bond motifs is 9. The number of carbonyl (C=O) groups is 3. The molecule has 2 saturated carbocycles. The summed E-state index contributed by atoms with van der Waals surface area (Å²) >= 11 is 12.5. The number of hydrogen-bond acceptors (Lipinski definition) is 8. The number of aromatic nitrogens is 1. The molecule has 2 aliphatic carbocycles. The normalized spacial score (nSPS) is 29.3. The van der Waals surface area contributed by atoms with Gasteiger partial charge in [-0.2, -0.15) is 0 Å². The van der Waals surface area contributed by atoms with Crippen LogP contribution in [0.1, 0.15) is 29.7 Å². The van der Waals surface area contributed by atoms with E-state index in [1.807, 2.05) is 18.2 Å². The second-order valence-corrected chi connectivity index (χ2v) is 14.3. The van der Waals surface area contributed by atoms with Gasteiger partial charge < -0.3 is 14.5 Å². The molecule has 2 amide bonds. The molecule has 4 aliphatic rings. The molecule has 1 N–H and O–H groups in total. The van der Waals surface area contributed by atoms with Gasteiger partial charge in [0.15, 0.2) is 6.61 Å². The van der Waals surface area contributed by atoms with E-state index in [0.29, 0.717) is 16.5 Å². The van der Waals surface area contributed by atoms with E-state index in [9.17, 15) is 19.2 Å². The van der Waals surface area contributed by atoms with E-state index in [0.717, 1.165) is 26.4 Å². The van der Waals surface area contributed by atoms with Crippen LogP contribution in [0.15, 0.2) is 56.8 Å². The highest BCUT2D eigenvalue weighted by Crippen LogP contribution is 2.69. The first-order valence-electron chi connectivity index (χ1n) is 13.4. The molecular formula is C29H24BrClN2O6S2. The van der Waals surface area contributed by atoms with Crippen LogP contribution in [0.3, 0.4) is 0 Å². The lowest BCUT2D eigenvalue weighted by Gasteiger charge is -2.43. The van der Waals surface area contributed by atoms with Crippen LogP contribution in [0, 0.1) is 29.6 Å². The third kappa shape index (κ3) is 4.30. The third-order valence-corrected chi connectivity index (χ3v) is 12.1. The van der Waals surface area contributed by atoms with Gasteiger partial charge in [-0.3, -0.25) is 19.3 Å². The number of imide groups is 1. The highest BCUT2D eigenvalue weighted by Gasteiger charge is 2.69. The van der Waals surface area contributed by atoms with Gasteiger partial charge in [0.25, 0.3) is 0 Å². The van der Waals surface area contributed by atoms with Gasteiger partial charge in [0.05, 0.1) is 29.2 Å². The SMILES string of the molecule is CCOC(=O)COc1ccc(Br)cc1[C@@H]1c2sc(=O)[nH]c2S[C@@H]2[C@@H]3C[C@@H]([C@@H]4C(=O)N(c5ccc(Cl)cc5)C(=O)[C@@H]34)[C@H]12. The number of rotatable bonds is 6. The minimum Gasteiger partial charge on any atom is -0.482 e. The van der Waals surface area contributed by atoms with Crippen molar-refractivity contribution < 1.29 is 23.9 Å². The molecule has 3 fully saturated rings. The number of H-pyrrole nitrogens is 1. The number of nitrogens with one attached hydrogen (secondary N) is 1. The average molecular weight is 676 g/mol. The largest absolute Gasteiger partial charge is 0.482 e. The number of ether oxygens (including phenoxy) is 2. The van der Waals surface area contributed by atoms with Gasteiger partial charge in [-0.1, -0.05) is 38.9 Å². The first kappa shape index (κ1) is 27.2. The van der Waals surface area contributed by atoms with E-state index in [1.165, 1.54) is 16.2 Å². The number of thioether (sulfide) groups is 1. The highest BCUT2D eigenvalue weighted by molar-refractivity contribution is 9.10. The van der Waals surface area contributed by atoms with E-state index in [4.69, 9.17) is 21.1 Å². The summed E-state index contributed by atoms with van der Waals surface area (Å²) in [5.74, 6) is -1.41. The Hall–Kier alpha value is -2.60. The van der Waals surface area contributed by atoms with Crippen molar-refractivity contribution in [2.24, 2.45) is 29.6 Å². The number of halogens is 2. The number of esters is 1. The number of anilines is 1. The first-order chi connectivity index (χ1) is 19.8. The van der Waals surface area contributed by atoms with Gasteiger partial charge in [-0.25, -0.2) is 4.79 Å². The summed E-state index contributed by atoms with van der Waals surface area (Å²) in [4.78, 5) is 57.6. The Kier molecular flexibility index (Phi) is 6.84. The van der Waals surface area contributed by atoms with Crippen molar-refractivity contribution in [2.75, 3.05) is 18.1 Å². The quantitative estimate of drug-likeness (QED) is 0.273. The molecule has 0 spiro atoms. The van der Waals surface area contributed by atoms with Crippen molar-refractivity contribution in [1.29, 1.82) is 0 Å². The van der Waals surface area contributed by atoms with Crippen molar-refractivity contribution in [1.82, 2.24) is 4.98 Å². The number of nitrogens with zero attached hydrogens (tertiary/aromatic N) is 1. The number of benzene rings is 2. The van der Waals surface area contributed by atoms with Crippen molar-refractivity contribution in [3.63, 3.8) is 0 Å². The lowest BCUT2D eigenvalue weighted by molar-refractivity contribution is -0.145. The van der Waals surface area contributed by atoms with E-state index >= 15 is 0 Å². The predicted molar refractivity (Wildman–Crippen MR) is 159 cm³/mol. The van der Waals surface area contributed by atoms with Gasteiger partial charge >= 0.3 is 10.8 Å². The number of carbonyl (C=O) groups excluding carboxylic acids is 3. The summed E-state index contributed by atoms with van der Waals surface area (Å²) in [7, 11) is 0. The topological polar surface area (TPSA) is 106 Å². The number of aromatic amines is 1. The Morgan fingerprint density at radius 3 is 2.56 bits per heavy atom. The molecule has 0 radical (unpaired) electrons. The van der Waals surface area contributed by atoms with Crippen molar-refractivity contribution in [2.45, 2.75) is 29.5 Å². The van der Waals surface area contributed by atoms with E-state index in [2.05, 4.69) is 20.9 Å². The lowest BCUT2D eigenvalue weighted by atomic mass is 9.68. The maximum absolute atomic E-state index is 13.9. The van der Waals surface area contributed by atoms with Crippen LogP contribution in [-0.2, 0) is 19.1 Å². The summed E-state index contributed by atoms with van der Waals surface area (Å²) in [6.45, 7) is 1.75. The Bertz CT molecular complexity index is 1640. The monoisotopic (exact) mass is 674 g/mol. The maximum Gasteiger partial charge on any atom is 0.344 e. The van der Waals surface area contributed by atoms with E-state index < -0.39 is 17.8 Å². The van der Waals surface area contributed by atoms with Crippen LogP contribution in [0.5, 0.6) is 5.75 Å². The third-order valence-electron chi connectivity index (χ3n) is 8.77. The zero-order chi connectivity index (χ0) is 28.6. The summed E-state index contributed by atoms with van der Waals surface area (Å²) in [6, 6.07) is 12.4. The number of thiazole rings is 1. The smallest absolute Gasteiger partial charge is 0.344 e. The minimum absolute atomic E-state index is 0.00800. The molecule has 1 aromatic heterocycles. The van der Waals surface area contributed by atoms with Crippen molar-refractivity contribution in [3.05, 3.63) is 72.1 Å². The van der Waals surface area contributed by atoms with Crippen LogP contribution in [-0.4, -0.2) is 41.2 Å². The average Bonchev–Trinajstić information content (AvgIpc) is 3.67. The zero-order valence-corrected chi connectivity index (χ0v) is 25.6. The molecule has 7 rings (SSSR count).